The van der Waals surface area contributed by atoms with E-state index in [2.05, 4.69) is 5.32 Å². The number of rotatable bonds is 10. The lowest BCUT2D eigenvalue weighted by molar-refractivity contribution is -0.138. The zero-order valence-corrected chi connectivity index (χ0v) is 19.9. The summed E-state index contributed by atoms with van der Waals surface area (Å²) >= 11 is 13.5. The Labute approximate surface area is 193 Å². The van der Waals surface area contributed by atoms with Gasteiger partial charge in [0.05, 0.1) is 15.8 Å². The Balaban J connectivity index is 2.06. The number of thioether (sulfide) groups is 1. The standard InChI is InChI=1S/C23H28Cl2N2O2S/c1-4-10-26-23(29)17(3)27(13-18-7-5-6-16(2)11-18)22(28)15-30-14-19-8-9-20(24)21(25)12-19/h5-9,11-12,17H,4,10,13-15H2,1-3H3,(H,26,29). The Bertz CT molecular complexity index is 876. The summed E-state index contributed by atoms with van der Waals surface area (Å²) in [5.74, 6) is 0.711. The van der Waals surface area contributed by atoms with E-state index < -0.39 is 6.04 Å². The van der Waals surface area contributed by atoms with Gasteiger partial charge in [0.2, 0.25) is 11.8 Å². The van der Waals surface area contributed by atoms with Crippen LogP contribution < -0.4 is 5.32 Å². The summed E-state index contributed by atoms with van der Waals surface area (Å²) in [6, 6.07) is 12.9. The number of amides is 2. The van der Waals surface area contributed by atoms with Crippen molar-refractivity contribution in [3.05, 3.63) is 69.2 Å². The summed E-state index contributed by atoms with van der Waals surface area (Å²) in [6.07, 6.45) is 0.851. The molecule has 1 N–H and O–H groups in total. The van der Waals surface area contributed by atoms with Crippen LogP contribution in [-0.4, -0.2) is 35.1 Å². The number of carbonyl (C=O) groups is 2. The molecule has 0 spiro atoms. The zero-order valence-electron chi connectivity index (χ0n) is 17.6. The molecule has 4 nitrogen and oxygen atoms in total. The molecule has 0 saturated carbocycles. The number of carbonyl (C=O) groups excluding carboxylic acids is 2. The van der Waals surface area contributed by atoms with Crippen LogP contribution in [0.25, 0.3) is 0 Å². The lowest BCUT2D eigenvalue weighted by atomic mass is 10.1. The monoisotopic (exact) mass is 466 g/mol. The van der Waals surface area contributed by atoms with Gasteiger partial charge >= 0.3 is 0 Å². The highest BCUT2D eigenvalue weighted by Gasteiger charge is 2.25. The normalized spacial score (nSPS) is 11.8. The van der Waals surface area contributed by atoms with Crippen LogP contribution in [0.4, 0.5) is 0 Å². The van der Waals surface area contributed by atoms with Gasteiger partial charge in [-0.3, -0.25) is 9.59 Å². The minimum absolute atomic E-state index is 0.0688. The molecular formula is C23H28Cl2N2O2S. The van der Waals surface area contributed by atoms with Crippen LogP contribution in [-0.2, 0) is 21.9 Å². The molecule has 0 heterocycles. The van der Waals surface area contributed by atoms with Crippen LogP contribution in [0.15, 0.2) is 42.5 Å². The first-order valence-electron chi connectivity index (χ1n) is 9.96. The van der Waals surface area contributed by atoms with Crippen molar-refractivity contribution in [3.8, 4) is 0 Å². The van der Waals surface area contributed by atoms with Gasteiger partial charge in [0.25, 0.3) is 0 Å². The van der Waals surface area contributed by atoms with Gasteiger partial charge in [-0.15, -0.1) is 11.8 Å². The minimum Gasteiger partial charge on any atom is -0.354 e. The molecule has 0 aliphatic rings. The molecule has 1 unspecified atom stereocenters. The first-order valence-corrected chi connectivity index (χ1v) is 11.9. The van der Waals surface area contributed by atoms with Gasteiger partial charge in [-0.2, -0.15) is 0 Å². The number of nitrogens with one attached hydrogen (secondary N) is 1. The Morgan fingerprint density at radius 2 is 1.87 bits per heavy atom. The van der Waals surface area contributed by atoms with E-state index in [1.807, 2.05) is 50.2 Å². The first-order chi connectivity index (χ1) is 14.3. The Morgan fingerprint density at radius 3 is 2.53 bits per heavy atom. The predicted octanol–water partition coefficient (Wildman–Crippen LogP) is 5.48. The number of hydrogen-bond donors (Lipinski definition) is 1. The fourth-order valence-corrected chi connectivity index (χ4v) is 4.13. The van der Waals surface area contributed by atoms with E-state index in [1.165, 1.54) is 11.8 Å². The van der Waals surface area contributed by atoms with Gasteiger partial charge < -0.3 is 10.2 Å². The Kier molecular flexibility index (Phi) is 10.0. The third-order valence-electron chi connectivity index (χ3n) is 4.63. The maximum absolute atomic E-state index is 13.0. The van der Waals surface area contributed by atoms with Crippen LogP contribution >= 0.6 is 35.0 Å². The smallest absolute Gasteiger partial charge is 0.242 e. The summed E-state index contributed by atoms with van der Waals surface area (Å²) in [5.41, 5.74) is 3.13. The molecule has 2 amide bonds. The Hall–Kier alpha value is -1.69. The number of halogens is 2. The lowest BCUT2D eigenvalue weighted by Crippen LogP contribution is -2.48. The molecule has 7 heteroatoms. The minimum atomic E-state index is -0.546. The summed E-state index contributed by atoms with van der Waals surface area (Å²) in [7, 11) is 0. The zero-order chi connectivity index (χ0) is 22.1. The molecule has 0 radical (unpaired) electrons. The average Bonchev–Trinajstić information content (AvgIpc) is 2.72. The second kappa shape index (κ2) is 12.2. The molecule has 0 saturated heterocycles. The van der Waals surface area contributed by atoms with Crippen LogP contribution in [0.2, 0.25) is 10.0 Å². The van der Waals surface area contributed by atoms with E-state index in [0.717, 1.165) is 23.1 Å². The molecule has 0 aliphatic carbocycles. The molecular weight excluding hydrogens is 439 g/mol. The average molecular weight is 467 g/mol. The van der Waals surface area contributed by atoms with Crippen LogP contribution in [0.1, 0.15) is 37.0 Å². The predicted molar refractivity (Wildman–Crippen MR) is 127 cm³/mol. The van der Waals surface area contributed by atoms with Gasteiger partial charge in [0.1, 0.15) is 6.04 Å². The van der Waals surface area contributed by atoms with E-state index >= 15 is 0 Å². The van der Waals surface area contributed by atoms with Crippen molar-refractivity contribution in [3.63, 3.8) is 0 Å². The van der Waals surface area contributed by atoms with Crippen molar-refractivity contribution < 1.29 is 9.59 Å². The lowest BCUT2D eigenvalue weighted by Gasteiger charge is -2.29. The molecule has 0 aliphatic heterocycles. The summed E-state index contributed by atoms with van der Waals surface area (Å²) in [5, 5.41) is 3.91. The molecule has 0 fully saturated rings. The third kappa shape index (κ3) is 7.53. The summed E-state index contributed by atoms with van der Waals surface area (Å²) in [4.78, 5) is 27.2. The van der Waals surface area contributed by atoms with E-state index in [1.54, 1.807) is 17.9 Å². The molecule has 2 aromatic carbocycles. The maximum atomic E-state index is 13.0. The molecule has 2 rings (SSSR count). The molecule has 162 valence electrons. The van der Waals surface area contributed by atoms with Gasteiger partial charge in [-0.05, 0) is 43.5 Å². The number of aryl methyl sites for hydroxylation is 1. The van der Waals surface area contributed by atoms with Gasteiger partial charge in [-0.1, -0.05) is 66.0 Å². The molecule has 30 heavy (non-hydrogen) atoms. The van der Waals surface area contributed by atoms with Gasteiger partial charge in [-0.25, -0.2) is 0 Å². The number of nitrogens with zero attached hydrogens (tertiary/aromatic N) is 1. The van der Waals surface area contributed by atoms with Crippen molar-refractivity contribution in [1.29, 1.82) is 0 Å². The van der Waals surface area contributed by atoms with Crippen LogP contribution in [0.3, 0.4) is 0 Å². The van der Waals surface area contributed by atoms with Crippen LogP contribution in [0.5, 0.6) is 0 Å². The van der Waals surface area contributed by atoms with Crippen molar-refractivity contribution >= 4 is 46.8 Å². The van der Waals surface area contributed by atoms with Gasteiger partial charge in [0.15, 0.2) is 0 Å². The molecule has 2 aromatic rings. The Morgan fingerprint density at radius 1 is 1.10 bits per heavy atom. The van der Waals surface area contributed by atoms with E-state index in [-0.39, 0.29) is 17.6 Å². The first kappa shape index (κ1) is 24.6. The van der Waals surface area contributed by atoms with Crippen LogP contribution in [0, 0.1) is 6.92 Å². The fraction of sp³-hybridized carbons (Fsp3) is 0.391. The number of hydrogen-bond acceptors (Lipinski definition) is 3. The largest absolute Gasteiger partial charge is 0.354 e. The topological polar surface area (TPSA) is 49.4 Å². The number of benzene rings is 2. The van der Waals surface area contributed by atoms with Crippen molar-refractivity contribution in [2.45, 2.75) is 45.5 Å². The summed E-state index contributed by atoms with van der Waals surface area (Å²) in [6.45, 7) is 6.79. The highest BCUT2D eigenvalue weighted by atomic mass is 35.5. The molecule has 1 atom stereocenters. The van der Waals surface area contributed by atoms with E-state index in [9.17, 15) is 9.59 Å². The molecule has 0 aromatic heterocycles. The highest BCUT2D eigenvalue weighted by Crippen LogP contribution is 2.25. The second-order valence-corrected chi connectivity index (χ2v) is 9.02. The highest BCUT2D eigenvalue weighted by molar-refractivity contribution is 7.99. The fourth-order valence-electron chi connectivity index (χ4n) is 2.95. The third-order valence-corrected chi connectivity index (χ3v) is 6.36. The van der Waals surface area contributed by atoms with Crippen molar-refractivity contribution in [2.24, 2.45) is 0 Å². The quantitative estimate of drug-likeness (QED) is 0.504. The van der Waals surface area contributed by atoms with Crippen molar-refractivity contribution in [2.75, 3.05) is 12.3 Å². The SMILES string of the molecule is CCCNC(=O)C(C)N(Cc1cccc(C)c1)C(=O)CSCc1ccc(Cl)c(Cl)c1. The van der Waals surface area contributed by atoms with E-state index in [4.69, 9.17) is 23.2 Å². The summed E-state index contributed by atoms with van der Waals surface area (Å²) < 4.78 is 0. The van der Waals surface area contributed by atoms with E-state index in [0.29, 0.717) is 28.9 Å². The second-order valence-electron chi connectivity index (χ2n) is 7.22. The van der Waals surface area contributed by atoms with Crippen molar-refractivity contribution in [1.82, 2.24) is 10.2 Å². The maximum Gasteiger partial charge on any atom is 0.242 e. The molecule has 0 bridgehead atoms. The van der Waals surface area contributed by atoms with Gasteiger partial charge in [0, 0.05) is 18.8 Å².